The Bertz CT molecular complexity index is 426. The van der Waals surface area contributed by atoms with E-state index in [9.17, 15) is 0 Å². The minimum atomic E-state index is 0.755. The summed E-state index contributed by atoms with van der Waals surface area (Å²) < 4.78 is 5.18. The molecule has 0 amide bonds. The summed E-state index contributed by atoms with van der Waals surface area (Å²) in [5, 5.41) is 3.42. The molecule has 0 fully saturated rings. The van der Waals surface area contributed by atoms with Crippen LogP contribution in [0.15, 0.2) is 29.3 Å². The molecule has 0 unspecified atom stereocenters. The maximum Gasteiger partial charge on any atom is 0.193 e. The van der Waals surface area contributed by atoms with Gasteiger partial charge in [-0.05, 0) is 36.5 Å². The van der Waals surface area contributed by atoms with E-state index in [4.69, 9.17) is 4.74 Å². The van der Waals surface area contributed by atoms with E-state index in [0.29, 0.717) is 0 Å². The lowest BCUT2D eigenvalue weighted by molar-refractivity contribution is 0.414. The standard InChI is InChI=1S/C17H29N3O/c1-14(2)7-6-12-19-17(18-3)20(4)13-15-8-10-16(21-5)11-9-15/h8-11,14H,6-7,12-13H2,1-5H3,(H,18,19). The highest BCUT2D eigenvalue weighted by Crippen LogP contribution is 2.12. The van der Waals surface area contributed by atoms with E-state index in [1.54, 1.807) is 7.11 Å². The van der Waals surface area contributed by atoms with Crippen LogP contribution in [0, 0.1) is 5.92 Å². The zero-order chi connectivity index (χ0) is 15.7. The molecule has 1 aromatic rings. The molecule has 0 aromatic heterocycles. The third kappa shape index (κ3) is 6.52. The lowest BCUT2D eigenvalue weighted by Gasteiger charge is -2.22. The summed E-state index contributed by atoms with van der Waals surface area (Å²) in [6.45, 7) is 6.31. The molecule has 0 bridgehead atoms. The number of aliphatic imine (C=N–C) groups is 1. The molecule has 1 N–H and O–H groups in total. The first-order chi connectivity index (χ1) is 10.1. The average Bonchev–Trinajstić information content (AvgIpc) is 2.47. The molecule has 4 nitrogen and oxygen atoms in total. The van der Waals surface area contributed by atoms with Gasteiger partial charge in [-0.1, -0.05) is 26.0 Å². The zero-order valence-corrected chi connectivity index (χ0v) is 14.0. The van der Waals surface area contributed by atoms with Crippen LogP contribution in [0.4, 0.5) is 0 Å². The maximum atomic E-state index is 5.18. The van der Waals surface area contributed by atoms with Gasteiger partial charge in [-0.2, -0.15) is 0 Å². The van der Waals surface area contributed by atoms with Gasteiger partial charge in [0.25, 0.3) is 0 Å². The highest BCUT2D eigenvalue weighted by molar-refractivity contribution is 5.79. The van der Waals surface area contributed by atoms with E-state index < -0.39 is 0 Å². The summed E-state index contributed by atoms with van der Waals surface area (Å²) in [6.07, 6.45) is 2.42. The first kappa shape index (κ1) is 17.3. The summed E-state index contributed by atoms with van der Waals surface area (Å²) in [5.74, 6) is 2.58. The molecule has 0 saturated heterocycles. The number of rotatable bonds is 7. The SMILES string of the molecule is CN=C(NCCCC(C)C)N(C)Cc1ccc(OC)cc1. The van der Waals surface area contributed by atoms with Gasteiger partial charge in [0.05, 0.1) is 7.11 Å². The van der Waals surface area contributed by atoms with Gasteiger partial charge in [0.2, 0.25) is 0 Å². The van der Waals surface area contributed by atoms with Crippen molar-refractivity contribution in [3.63, 3.8) is 0 Å². The van der Waals surface area contributed by atoms with Crippen molar-refractivity contribution in [3.8, 4) is 5.75 Å². The molecule has 1 rings (SSSR count). The van der Waals surface area contributed by atoms with Gasteiger partial charge < -0.3 is 15.0 Å². The van der Waals surface area contributed by atoms with Gasteiger partial charge in [0, 0.05) is 27.2 Å². The second kappa shape index (κ2) is 9.27. The summed E-state index contributed by atoms with van der Waals surface area (Å²) in [7, 11) is 5.57. The normalized spacial score (nSPS) is 11.6. The highest BCUT2D eigenvalue weighted by Gasteiger charge is 2.06. The van der Waals surface area contributed by atoms with Crippen LogP contribution in [-0.4, -0.2) is 38.6 Å². The predicted octanol–water partition coefficient (Wildman–Crippen LogP) is 3.14. The topological polar surface area (TPSA) is 36.9 Å². The highest BCUT2D eigenvalue weighted by atomic mass is 16.5. The molecule has 21 heavy (non-hydrogen) atoms. The number of ether oxygens (including phenoxy) is 1. The Morgan fingerprint density at radius 2 is 1.95 bits per heavy atom. The fourth-order valence-electron chi connectivity index (χ4n) is 2.17. The Labute approximate surface area is 129 Å². The molecular weight excluding hydrogens is 262 g/mol. The Kier molecular flexibility index (Phi) is 7.65. The fraction of sp³-hybridized carbons (Fsp3) is 0.588. The molecule has 0 saturated carbocycles. The van der Waals surface area contributed by atoms with Gasteiger partial charge in [-0.3, -0.25) is 4.99 Å². The molecule has 0 aliphatic rings. The van der Waals surface area contributed by atoms with Crippen LogP contribution in [0.25, 0.3) is 0 Å². The minimum Gasteiger partial charge on any atom is -0.497 e. The number of methoxy groups -OCH3 is 1. The molecular formula is C17H29N3O. The van der Waals surface area contributed by atoms with Crippen molar-refractivity contribution in [2.24, 2.45) is 10.9 Å². The number of hydrogen-bond donors (Lipinski definition) is 1. The number of guanidine groups is 1. The number of benzene rings is 1. The lowest BCUT2D eigenvalue weighted by Crippen LogP contribution is -2.38. The Morgan fingerprint density at radius 3 is 2.48 bits per heavy atom. The molecule has 0 atom stereocenters. The van der Waals surface area contributed by atoms with Crippen LogP contribution in [0.2, 0.25) is 0 Å². The Balaban J connectivity index is 2.45. The molecule has 0 aliphatic carbocycles. The zero-order valence-electron chi connectivity index (χ0n) is 14.0. The van der Waals surface area contributed by atoms with E-state index >= 15 is 0 Å². The first-order valence-corrected chi connectivity index (χ1v) is 7.61. The van der Waals surface area contributed by atoms with E-state index in [1.165, 1.54) is 18.4 Å². The van der Waals surface area contributed by atoms with Gasteiger partial charge in [0.1, 0.15) is 5.75 Å². The molecule has 0 aliphatic heterocycles. The second-order valence-electron chi connectivity index (χ2n) is 5.71. The maximum absolute atomic E-state index is 5.18. The van der Waals surface area contributed by atoms with Crippen molar-refractivity contribution in [3.05, 3.63) is 29.8 Å². The van der Waals surface area contributed by atoms with Crippen LogP contribution < -0.4 is 10.1 Å². The fourth-order valence-corrected chi connectivity index (χ4v) is 2.17. The molecule has 0 heterocycles. The van der Waals surface area contributed by atoms with E-state index in [-0.39, 0.29) is 0 Å². The minimum absolute atomic E-state index is 0.755. The predicted molar refractivity (Wildman–Crippen MR) is 89.9 cm³/mol. The molecule has 1 aromatic carbocycles. The number of hydrogen-bond acceptors (Lipinski definition) is 2. The van der Waals surface area contributed by atoms with Crippen LogP contribution in [0.1, 0.15) is 32.3 Å². The molecule has 118 valence electrons. The monoisotopic (exact) mass is 291 g/mol. The summed E-state index contributed by atoms with van der Waals surface area (Å²) in [6, 6.07) is 8.15. The van der Waals surface area contributed by atoms with E-state index in [0.717, 1.165) is 30.7 Å². The van der Waals surface area contributed by atoms with Crippen LogP contribution in [0.3, 0.4) is 0 Å². The number of nitrogens with one attached hydrogen (secondary N) is 1. The Morgan fingerprint density at radius 1 is 1.29 bits per heavy atom. The quantitative estimate of drug-likeness (QED) is 0.476. The third-order valence-corrected chi connectivity index (χ3v) is 3.39. The van der Waals surface area contributed by atoms with Crippen LogP contribution in [-0.2, 0) is 6.54 Å². The van der Waals surface area contributed by atoms with E-state index in [1.807, 2.05) is 19.2 Å². The summed E-state index contributed by atoms with van der Waals surface area (Å²) in [4.78, 5) is 6.48. The van der Waals surface area contributed by atoms with Crippen molar-refractivity contribution >= 4 is 5.96 Å². The van der Waals surface area contributed by atoms with Gasteiger partial charge >= 0.3 is 0 Å². The first-order valence-electron chi connectivity index (χ1n) is 7.61. The molecule has 0 spiro atoms. The molecule has 0 radical (unpaired) electrons. The van der Waals surface area contributed by atoms with Crippen molar-refractivity contribution < 1.29 is 4.74 Å². The van der Waals surface area contributed by atoms with Crippen molar-refractivity contribution in [2.45, 2.75) is 33.2 Å². The number of nitrogens with zero attached hydrogens (tertiary/aromatic N) is 2. The average molecular weight is 291 g/mol. The van der Waals surface area contributed by atoms with Crippen LogP contribution in [0.5, 0.6) is 5.75 Å². The van der Waals surface area contributed by atoms with Crippen molar-refractivity contribution in [1.82, 2.24) is 10.2 Å². The van der Waals surface area contributed by atoms with Gasteiger partial charge in [0.15, 0.2) is 5.96 Å². The summed E-state index contributed by atoms with van der Waals surface area (Å²) in [5.41, 5.74) is 1.24. The molecule has 4 heteroatoms. The van der Waals surface area contributed by atoms with Crippen LogP contribution >= 0.6 is 0 Å². The summed E-state index contributed by atoms with van der Waals surface area (Å²) >= 11 is 0. The van der Waals surface area contributed by atoms with Crippen molar-refractivity contribution in [2.75, 3.05) is 27.7 Å². The third-order valence-electron chi connectivity index (χ3n) is 3.39. The van der Waals surface area contributed by atoms with Crippen molar-refractivity contribution in [1.29, 1.82) is 0 Å². The van der Waals surface area contributed by atoms with Gasteiger partial charge in [-0.25, -0.2) is 0 Å². The smallest absolute Gasteiger partial charge is 0.193 e. The second-order valence-corrected chi connectivity index (χ2v) is 5.71. The Hall–Kier alpha value is -1.71. The largest absolute Gasteiger partial charge is 0.497 e. The van der Waals surface area contributed by atoms with E-state index in [2.05, 4.69) is 48.2 Å². The van der Waals surface area contributed by atoms with Gasteiger partial charge in [-0.15, -0.1) is 0 Å². The lowest BCUT2D eigenvalue weighted by atomic mass is 10.1.